The fourth-order valence-electron chi connectivity index (χ4n) is 1.23. The number of nitrogens with zero attached hydrogens (tertiary/aromatic N) is 3. The molecular weight excluding hydrogens is 297 g/mol. The average Bonchev–Trinajstić information content (AvgIpc) is 2.95. The smallest absolute Gasteiger partial charge is 0.330 e. The molecule has 0 aliphatic heterocycles. The second-order valence-corrected chi connectivity index (χ2v) is 4.70. The van der Waals surface area contributed by atoms with E-state index < -0.39 is 17.1 Å². The molecule has 0 aliphatic rings. The molecule has 0 aromatic carbocycles. The van der Waals surface area contributed by atoms with E-state index in [9.17, 15) is 18.0 Å². The third kappa shape index (κ3) is 3.66. The van der Waals surface area contributed by atoms with Gasteiger partial charge in [0.15, 0.2) is 11.0 Å². The Hall–Kier alpha value is -2.17. The number of carbonyl (C=O) groups excluding carboxylic acids is 1. The van der Waals surface area contributed by atoms with Crippen LogP contribution in [-0.4, -0.2) is 26.2 Å². The predicted octanol–water partition coefficient (Wildman–Crippen LogP) is 1.91. The number of hydrogen-bond acceptors (Lipinski definition) is 5. The molecule has 2 heterocycles. The van der Waals surface area contributed by atoms with Crippen LogP contribution < -0.4 is 10.6 Å². The number of nitrogens with one attached hydrogen (secondary N) is 3. The highest BCUT2D eigenvalue weighted by atomic mass is 32.1. The fourth-order valence-corrected chi connectivity index (χ4v) is 1.91. The number of aryl methyl sites for hydroxylation is 1. The third-order valence-corrected chi connectivity index (χ3v) is 3.01. The molecule has 0 aliphatic carbocycles. The summed E-state index contributed by atoms with van der Waals surface area (Å²) in [5.74, 6) is 0.963. The maximum atomic E-state index is 12.3. The van der Waals surface area contributed by atoms with E-state index in [4.69, 9.17) is 0 Å². The Labute approximate surface area is 114 Å². The fraction of sp³-hybridized carbons (Fsp3) is 0.333. The number of thiazole rings is 1. The summed E-state index contributed by atoms with van der Waals surface area (Å²) in [5.41, 5.74) is 0. The number of aromatic amines is 1. The van der Waals surface area contributed by atoms with Crippen molar-refractivity contribution in [1.29, 1.82) is 0 Å². The van der Waals surface area contributed by atoms with Crippen LogP contribution >= 0.6 is 11.3 Å². The summed E-state index contributed by atoms with van der Waals surface area (Å²) in [6, 6.07) is -0.685. The lowest BCUT2D eigenvalue weighted by Crippen LogP contribution is -2.28. The summed E-state index contributed by atoms with van der Waals surface area (Å²) >= 11 is 0.348. The molecule has 11 heteroatoms. The van der Waals surface area contributed by atoms with E-state index in [2.05, 4.69) is 30.8 Å². The molecule has 2 rings (SSSR count). The average molecular weight is 306 g/mol. The second-order valence-electron chi connectivity index (χ2n) is 3.67. The number of halogens is 3. The monoisotopic (exact) mass is 306 g/mol. The molecule has 0 saturated carbocycles. The highest BCUT2D eigenvalue weighted by Gasteiger charge is 2.33. The molecule has 2 aromatic rings. The number of rotatable bonds is 3. The SMILES string of the molecule is Cc1nc(CNC(=O)Nc2ncc(C(F)(F)F)s2)n[nH]1. The van der Waals surface area contributed by atoms with Gasteiger partial charge in [-0.3, -0.25) is 10.4 Å². The molecule has 3 N–H and O–H groups in total. The largest absolute Gasteiger partial charge is 0.427 e. The van der Waals surface area contributed by atoms with Crippen molar-refractivity contribution in [2.24, 2.45) is 0 Å². The van der Waals surface area contributed by atoms with Crippen LogP contribution in [0.3, 0.4) is 0 Å². The Bertz CT molecular complexity index is 607. The minimum Gasteiger partial charge on any atom is -0.330 e. The Morgan fingerprint density at radius 3 is 2.80 bits per heavy atom. The van der Waals surface area contributed by atoms with Gasteiger partial charge in [-0.2, -0.15) is 18.3 Å². The third-order valence-electron chi connectivity index (χ3n) is 2.06. The van der Waals surface area contributed by atoms with E-state index in [1.807, 2.05) is 0 Å². The van der Waals surface area contributed by atoms with Crippen LogP contribution in [0.15, 0.2) is 6.20 Å². The van der Waals surface area contributed by atoms with Gasteiger partial charge >= 0.3 is 12.2 Å². The normalized spacial score (nSPS) is 11.4. The molecule has 20 heavy (non-hydrogen) atoms. The van der Waals surface area contributed by atoms with Gasteiger partial charge in [-0.1, -0.05) is 11.3 Å². The maximum absolute atomic E-state index is 12.3. The van der Waals surface area contributed by atoms with E-state index in [0.29, 0.717) is 29.2 Å². The quantitative estimate of drug-likeness (QED) is 0.807. The molecule has 0 unspecified atom stereocenters. The van der Waals surface area contributed by atoms with Gasteiger partial charge in [0.1, 0.15) is 10.7 Å². The first kappa shape index (κ1) is 14.2. The molecule has 0 spiro atoms. The number of alkyl halides is 3. The minimum atomic E-state index is -4.47. The first-order chi connectivity index (χ1) is 9.34. The Kier molecular flexibility index (Phi) is 3.88. The van der Waals surface area contributed by atoms with Crippen LogP contribution in [-0.2, 0) is 12.7 Å². The van der Waals surface area contributed by atoms with E-state index in [1.54, 1.807) is 6.92 Å². The topological polar surface area (TPSA) is 95.6 Å². The highest BCUT2D eigenvalue weighted by Crippen LogP contribution is 2.34. The van der Waals surface area contributed by atoms with Crippen LogP contribution in [0.25, 0.3) is 0 Å². The number of amides is 2. The van der Waals surface area contributed by atoms with Crippen molar-refractivity contribution in [3.63, 3.8) is 0 Å². The molecule has 0 radical (unpaired) electrons. The van der Waals surface area contributed by atoms with Crippen molar-refractivity contribution in [3.05, 3.63) is 22.7 Å². The molecule has 0 saturated heterocycles. The standard InChI is InChI=1S/C9H9F3N6OS/c1-4-15-6(18-17-4)3-13-7(19)16-8-14-2-5(20-8)9(10,11)12/h2H,3H2,1H3,(H,15,17,18)(H2,13,14,16,19). The summed E-state index contributed by atoms with van der Waals surface area (Å²) in [4.78, 5) is 18.0. The Morgan fingerprint density at radius 1 is 1.50 bits per heavy atom. The van der Waals surface area contributed by atoms with Crippen molar-refractivity contribution >= 4 is 22.5 Å². The lowest BCUT2D eigenvalue weighted by atomic mass is 10.5. The van der Waals surface area contributed by atoms with Gasteiger partial charge < -0.3 is 5.32 Å². The molecule has 2 amide bonds. The number of H-pyrrole nitrogens is 1. The first-order valence-corrected chi connectivity index (χ1v) is 6.12. The summed E-state index contributed by atoms with van der Waals surface area (Å²) < 4.78 is 37.0. The van der Waals surface area contributed by atoms with Gasteiger partial charge in [0.2, 0.25) is 0 Å². The van der Waals surface area contributed by atoms with E-state index in [1.165, 1.54) is 0 Å². The number of anilines is 1. The van der Waals surface area contributed by atoms with Gasteiger partial charge in [-0.15, -0.1) is 0 Å². The van der Waals surface area contributed by atoms with Crippen molar-refractivity contribution in [1.82, 2.24) is 25.5 Å². The van der Waals surface area contributed by atoms with E-state index in [0.717, 1.165) is 0 Å². The predicted molar refractivity (Wildman–Crippen MR) is 64.1 cm³/mol. The van der Waals surface area contributed by atoms with Gasteiger partial charge in [-0.05, 0) is 6.92 Å². The van der Waals surface area contributed by atoms with Gasteiger partial charge in [0.25, 0.3) is 0 Å². The van der Waals surface area contributed by atoms with Gasteiger partial charge in [0, 0.05) is 0 Å². The summed E-state index contributed by atoms with van der Waals surface area (Å²) in [7, 11) is 0. The van der Waals surface area contributed by atoms with Crippen molar-refractivity contribution in [2.75, 3.05) is 5.32 Å². The lowest BCUT2D eigenvalue weighted by Gasteiger charge is -2.02. The highest BCUT2D eigenvalue weighted by molar-refractivity contribution is 7.15. The first-order valence-electron chi connectivity index (χ1n) is 5.30. The van der Waals surface area contributed by atoms with Crippen LogP contribution in [0.2, 0.25) is 0 Å². The maximum Gasteiger partial charge on any atom is 0.427 e. The molecule has 0 bridgehead atoms. The summed E-state index contributed by atoms with van der Waals surface area (Å²) in [6.07, 6.45) is -3.80. The number of hydrogen-bond donors (Lipinski definition) is 3. The summed E-state index contributed by atoms with van der Waals surface area (Å²) in [5, 5.41) is 10.8. The van der Waals surface area contributed by atoms with Crippen LogP contribution in [0.4, 0.5) is 23.1 Å². The van der Waals surface area contributed by atoms with E-state index in [-0.39, 0.29) is 11.7 Å². The molecular formula is C9H9F3N6OS. The van der Waals surface area contributed by atoms with Gasteiger partial charge in [0.05, 0.1) is 12.7 Å². The van der Waals surface area contributed by atoms with Crippen molar-refractivity contribution in [2.45, 2.75) is 19.6 Å². The number of urea groups is 1. The molecule has 0 fully saturated rings. The molecule has 0 atom stereocenters. The Morgan fingerprint density at radius 2 is 2.25 bits per heavy atom. The minimum absolute atomic E-state index is 0.0493. The van der Waals surface area contributed by atoms with Crippen molar-refractivity contribution < 1.29 is 18.0 Å². The number of carbonyl (C=O) groups is 1. The van der Waals surface area contributed by atoms with Gasteiger partial charge in [-0.25, -0.2) is 14.8 Å². The van der Waals surface area contributed by atoms with Crippen LogP contribution in [0.1, 0.15) is 16.5 Å². The Balaban J connectivity index is 1.87. The zero-order valence-corrected chi connectivity index (χ0v) is 10.9. The zero-order chi connectivity index (χ0) is 14.8. The van der Waals surface area contributed by atoms with Crippen molar-refractivity contribution in [3.8, 4) is 0 Å². The number of aromatic nitrogens is 4. The molecule has 2 aromatic heterocycles. The lowest BCUT2D eigenvalue weighted by molar-refractivity contribution is -0.134. The van der Waals surface area contributed by atoms with E-state index >= 15 is 0 Å². The van der Waals surface area contributed by atoms with Crippen LogP contribution in [0.5, 0.6) is 0 Å². The second kappa shape index (κ2) is 5.45. The molecule has 7 nitrogen and oxygen atoms in total. The molecule has 108 valence electrons. The zero-order valence-electron chi connectivity index (χ0n) is 10.1. The summed E-state index contributed by atoms with van der Waals surface area (Å²) in [6.45, 7) is 1.75. The van der Waals surface area contributed by atoms with Crippen LogP contribution in [0, 0.1) is 6.92 Å².